The van der Waals surface area contributed by atoms with Crippen molar-refractivity contribution in [1.82, 2.24) is 14.9 Å². The standard InChI is InChI=1S/C29H34BrIN4O5/c1-17(37-5)15-39-27-32-24-21(12-22(31)23(30)25(24)38-16-18-9-7-6-8-10-18)26(33-27)34-13-20-11-19(34)14-35(20)28(36)40-29(2,3)4/h6-10,12,17,19-20H,11,13-16H2,1-5H3/t17-,19-,20-/m0/s1. The number of hydrogen-bond donors (Lipinski definition) is 0. The molecule has 2 saturated heterocycles. The number of ether oxygens (including phenoxy) is 4. The van der Waals surface area contributed by atoms with Gasteiger partial charge in [0.15, 0.2) is 5.75 Å². The number of carbonyl (C=O) groups is 1. The average Bonchev–Trinajstić information content (AvgIpc) is 3.53. The van der Waals surface area contributed by atoms with Crippen LogP contribution in [0.4, 0.5) is 10.6 Å². The number of rotatable bonds is 8. The molecule has 2 fully saturated rings. The Kier molecular flexibility index (Phi) is 8.63. The number of methoxy groups -OCH3 is 1. The fourth-order valence-corrected chi connectivity index (χ4v) is 5.99. The lowest BCUT2D eigenvalue weighted by Crippen LogP contribution is -2.50. The van der Waals surface area contributed by atoms with Crippen molar-refractivity contribution < 1.29 is 23.7 Å². The first-order valence-corrected chi connectivity index (χ1v) is 15.2. The molecule has 214 valence electrons. The third-order valence-corrected chi connectivity index (χ3v) is 9.40. The Balaban J connectivity index is 1.51. The van der Waals surface area contributed by atoms with Crippen molar-refractivity contribution in [1.29, 1.82) is 0 Å². The number of amides is 1. The average molecular weight is 725 g/mol. The second-order valence-corrected chi connectivity index (χ2v) is 13.1. The van der Waals surface area contributed by atoms with Gasteiger partial charge in [-0.2, -0.15) is 9.97 Å². The third kappa shape index (κ3) is 6.25. The first kappa shape index (κ1) is 29.1. The van der Waals surface area contributed by atoms with Crippen LogP contribution in [0.3, 0.4) is 0 Å². The smallest absolute Gasteiger partial charge is 0.410 e. The molecule has 2 aliphatic heterocycles. The number of carbonyl (C=O) groups excluding carboxylic acids is 1. The molecule has 0 unspecified atom stereocenters. The molecular weight excluding hydrogens is 691 g/mol. The van der Waals surface area contributed by atoms with Crippen molar-refractivity contribution in [3.8, 4) is 11.8 Å². The fourth-order valence-electron chi connectivity index (χ4n) is 5.02. The Morgan fingerprint density at radius 1 is 1.15 bits per heavy atom. The van der Waals surface area contributed by atoms with Crippen LogP contribution in [-0.2, 0) is 16.1 Å². The predicted molar refractivity (Wildman–Crippen MR) is 165 cm³/mol. The number of hydrogen-bond acceptors (Lipinski definition) is 8. The molecule has 0 N–H and O–H groups in total. The van der Waals surface area contributed by atoms with Crippen LogP contribution < -0.4 is 14.4 Å². The van der Waals surface area contributed by atoms with Crippen LogP contribution in [0, 0.1) is 3.57 Å². The summed E-state index contributed by atoms with van der Waals surface area (Å²) in [5, 5.41) is 0.874. The van der Waals surface area contributed by atoms with Crippen molar-refractivity contribution in [2.24, 2.45) is 0 Å². The molecule has 1 aromatic heterocycles. The number of anilines is 1. The van der Waals surface area contributed by atoms with Gasteiger partial charge < -0.3 is 28.7 Å². The second-order valence-electron chi connectivity index (χ2n) is 11.2. The van der Waals surface area contributed by atoms with Crippen LogP contribution in [-0.4, -0.2) is 71.6 Å². The Hall–Kier alpha value is -2.38. The van der Waals surface area contributed by atoms with Crippen LogP contribution in [0.5, 0.6) is 11.8 Å². The number of piperazine rings is 1. The number of nitrogens with zero attached hydrogens (tertiary/aromatic N) is 4. The highest BCUT2D eigenvalue weighted by Crippen LogP contribution is 2.43. The summed E-state index contributed by atoms with van der Waals surface area (Å²) in [6.45, 7) is 9.53. The van der Waals surface area contributed by atoms with E-state index in [1.165, 1.54) is 0 Å². The van der Waals surface area contributed by atoms with E-state index >= 15 is 0 Å². The van der Waals surface area contributed by atoms with E-state index in [4.69, 9.17) is 28.9 Å². The van der Waals surface area contributed by atoms with Crippen molar-refractivity contribution in [2.75, 3.05) is 31.7 Å². The van der Waals surface area contributed by atoms with E-state index in [0.29, 0.717) is 37.6 Å². The molecule has 2 aromatic carbocycles. The van der Waals surface area contributed by atoms with Crippen molar-refractivity contribution >= 4 is 61.3 Å². The molecule has 3 atom stereocenters. The molecule has 0 radical (unpaired) electrons. The highest BCUT2D eigenvalue weighted by atomic mass is 127. The van der Waals surface area contributed by atoms with Gasteiger partial charge in [0.25, 0.3) is 0 Å². The zero-order valence-corrected chi connectivity index (χ0v) is 27.1. The van der Waals surface area contributed by atoms with Gasteiger partial charge in [-0.1, -0.05) is 30.3 Å². The van der Waals surface area contributed by atoms with Crippen LogP contribution in [0.1, 0.15) is 39.7 Å². The lowest BCUT2D eigenvalue weighted by molar-refractivity contribution is 0.0214. The van der Waals surface area contributed by atoms with E-state index in [9.17, 15) is 4.79 Å². The highest BCUT2D eigenvalue weighted by molar-refractivity contribution is 14.1. The van der Waals surface area contributed by atoms with Gasteiger partial charge in [0, 0.05) is 29.2 Å². The molecule has 0 saturated carbocycles. The Morgan fingerprint density at radius 3 is 2.55 bits per heavy atom. The van der Waals surface area contributed by atoms with Gasteiger partial charge in [0.05, 0.1) is 22.7 Å². The number of likely N-dealkylation sites (tertiary alicyclic amines) is 1. The molecule has 0 aliphatic carbocycles. The van der Waals surface area contributed by atoms with Crippen LogP contribution >= 0.6 is 38.5 Å². The monoisotopic (exact) mass is 724 g/mol. The van der Waals surface area contributed by atoms with Crippen LogP contribution in [0.15, 0.2) is 40.9 Å². The third-order valence-electron chi connectivity index (χ3n) is 7.02. The maximum atomic E-state index is 12.9. The topological polar surface area (TPSA) is 86.3 Å². The molecule has 5 rings (SSSR count). The molecular formula is C29H34BrIN4O5. The van der Waals surface area contributed by atoms with E-state index in [-0.39, 0.29) is 30.3 Å². The van der Waals surface area contributed by atoms with E-state index in [2.05, 4.69) is 49.5 Å². The van der Waals surface area contributed by atoms with Crippen LogP contribution in [0.25, 0.3) is 10.9 Å². The minimum absolute atomic E-state index is 0.0473. The summed E-state index contributed by atoms with van der Waals surface area (Å²) in [6, 6.07) is 12.5. The second kappa shape index (κ2) is 11.8. The molecule has 1 amide bonds. The Morgan fingerprint density at radius 2 is 1.90 bits per heavy atom. The lowest BCUT2D eigenvalue weighted by atomic mass is 10.2. The first-order valence-electron chi connectivity index (χ1n) is 13.3. The SMILES string of the molecule is CO[C@@H](C)COc1nc(N2C[C@@H]3C[C@H]2CN3C(=O)OC(C)(C)C)c2cc(I)c(Br)c(OCc3ccccc3)c2n1. The maximum Gasteiger partial charge on any atom is 0.410 e. The summed E-state index contributed by atoms with van der Waals surface area (Å²) in [4.78, 5) is 26.7. The summed E-state index contributed by atoms with van der Waals surface area (Å²) >= 11 is 6.04. The number of benzene rings is 2. The van der Waals surface area contributed by atoms with E-state index in [1.54, 1.807) is 7.11 Å². The predicted octanol–water partition coefficient (Wildman–Crippen LogP) is 6.19. The van der Waals surface area contributed by atoms with Gasteiger partial charge in [0.2, 0.25) is 0 Å². The van der Waals surface area contributed by atoms with Crippen molar-refractivity contribution in [3.63, 3.8) is 0 Å². The van der Waals surface area contributed by atoms with Gasteiger partial charge in [-0.3, -0.25) is 0 Å². The number of aromatic nitrogens is 2. The highest BCUT2D eigenvalue weighted by Gasteiger charge is 2.47. The Bertz CT molecular complexity index is 1390. The van der Waals surface area contributed by atoms with Gasteiger partial charge in [-0.25, -0.2) is 4.79 Å². The summed E-state index contributed by atoms with van der Waals surface area (Å²) in [6.07, 6.45) is 0.470. The molecule has 0 spiro atoms. The van der Waals surface area contributed by atoms with E-state index in [1.807, 2.05) is 62.9 Å². The van der Waals surface area contributed by atoms with Crippen LogP contribution in [0.2, 0.25) is 0 Å². The molecule has 40 heavy (non-hydrogen) atoms. The fraction of sp³-hybridized carbons (Fsp3) is 0.483. The normalized spacial score (nSPS) is 19.3. The van der Waals surface area contributed by atoms with E-state index < -0.39 is 5.60 Å². The van der Waals surface area contributed by atoms with Gasteiger partial charge in [-0.05, 0) is 84.3 Å². The summed E-state index contributed by atoms with van der Waals surface area (Å²) < 4.78 is 25.3. The largest absolute Gasteiger partial charge is 0.485 e. The van der Waals surface area contributed by atoms with Gasteiger partial charge in [0.1, 0.15) is 30.1 Å². The van der Waals surface area contributed by atoms with Crippen molar-refractivity contribution in [3.05, 3.63) is 50.0 Å². The van der Waals surface area contributed by atoms with Gasteiger partial charge >= 0.3 is 12.1 Å². The summed E-state index contributed by atoms with van der Waals surface area (Å²) in [5.41, 5.74) is 1.19. The Labute approximate surface area is 256 Å². The molecule has 3 aromatic rings. The molecule has 3 heterocycles. The molecule has 9 nitrogen and oxygen atoms in total. The zero-order valence-electron chi connectivity index (χ0n) is 23.3. The van der Waals surface area contributed by atoms with E-state index in [0.717, 1.165) is 31.2 Å². The molecule has 2 aliphatic rings. The van der Waals surface area contributed by atoms with Crippen molar-refractivity contribution in [2.45, 2.75) is 64.5 Å². The quantitative estimate of drug-likeness (QED) is 0.255. The summed E-state index contributed by atoms with van der Waals surface area (Å²) in [7, 11) is 1.65. The lowest BCUT2D eigenvalue weighted by Gasteiger charge is -2.36. The first-order chi connectivity index (χ1) is 19.0. The zero-order chi connectivity index (χ0) is 28.6. The molecule has 11 heteroatoms. The minimum Gasteiger partial charge on any atom is -0.485 e. The maximum absolute atomic E-state index is 12.9. The number of fused-ring (bicyclic) bond motifs is 3. The molecule has 2 bridgehead atoms. The minimum atomic E-state index is -0.534. The number of halogens is 2. The summed E-state index contributed by atoms with van der Waals surface area (Å²) in [5.74, 6) is 1.41. The van der Waals surface area contributed by atoms with Gasteiger partial charge in [-0.15, -0.1) is 0 Å².